The molecule has 0 spiro atoms. The van der Waals surface area contributed by atoms with Crippen LogP contribution in [0.15, 0.2) is 27.5 Å². The Morgan fingerprint density at radius 3 is 2.28 bits per heavy atom. The molecule has 1 fully saturated rings. The Hall–Kier alpha value is -1.70. The van der Waals surface area contributed by atoms with Gasteiger partial charge in [-0.3, -0.25) is 4.79 Å². The van der Waals surface area contributed by atoms with E-state index in [1.807, 2.05) is 0 Å². The average Bonchev–Trinajstić information content (AvgIpc) is 2.65. The number of carbonyl (C=O) groups is 1. The lowest BCUT2D eigenvalue weighted by atomic mass is 9.84. The van der Waals surface area contributed by atoms with Crippen LogP contribution in [0.2, 0.25) is 0 Å². The minimum Gasteiger partial charge on any atom is -0.325 e. The summed E-state index contributed by atoms with van der Waals surface area (Å²) in [6, 6.07) is 0.294. The Morgan fingerprint density at radius 1 is 1.16 bits per heavy atom. The van der Waals surface area contributed by atoms with Crippen LogP contribution in [-0.4, -0.2) is 49.3 Å². The molecular formula is C19H29F3N4O4S2. The predicted molar refractivity (Wildman–Crippen MR) is 118 cm³/mol. The number of carbonyl (C=O) groups excluding carboxylic acids is 1. The largest absolute Gasteiger partial charge is 0.404 e. The number of rotatable bonds is 7. The highest BCUT2D eigenvalue weighted by molar-refractivity contribution is 7.92. The molecule has 2 atom stereocenters. The fourth-order valence-corrected chi connectivity index (χ4v) is 5.46. The Kier molecular flexibility index (Phi) is 8.35. The molecule has 0 saturated heterocycles. The molecule has 0 aromatic heterocycles. The highest BCUT2D eigenvalue weighted by atomic mass is 32.2. The van der Waals surface area contributed by atoms with Crippen LogP contribution in [0.5, 0.6) is 0 Å². The van der Waals surface area contributed by atoms with Crippen LogP contribution in [0.3, 0.4) is 0 Å². The van der Waals surface area contributed by atoms with E-state index < -0.39 is 48.8 Å². The summed E-state index contributed by atoms with van der Waals surface area (Å²) in [5.41, 5.74) is 5.90. The van der Waals surface area contributed by atoms with Crippen LogP contribution in [0.25, 0.3) is 0 Å². The molecule has 0 radical (unpaired) electrons. The molecule has 0 bridgehead atoms. The molecule has 2 rings (SSSR count). The van der Waals surface area contributed by atoms with E-state index in [9.17, 15) is 30.6 Å². The van der Waals surface area contributed by atoms with Crippen molar-refractivity contribution in [2.75, 3.05) is 17.8 Å². The maximum Gasteiger partial charge on any atom is 0.404 e. The number of hydrogen-bond donors (Lipinski definition) is 3. The summed E-state index contributed by atoms with van der Waals surface area (Å²) in [5.74, 6) is -0.429. The van der Waals surface area contributed by atoms with Crippen molar-refractivity contribution in [3.05, 3.63) is 18.2 Å². The third-order valence-corrected chi connectivity index (χ3v) is 7.34. The van der Waals surface area contributed by atoms with Gasteiger partial charge in [-0.25, -0.2) is 12.6 Å². The molecule has 1 saturated carbocycles. The standard InChI is InChI=1S/C19H29F3N4O4S2/c1-12(19(20,21)22)25-32(29,30)16-10-9-14(11-15(16)26-31(2,3)28)24-18(27)17(23)13-7-5-4-6-8-13/h9-13,17,25H,4-8,23H2,1-3H3,(H,24,27)/t12-,17-/m0/s1. The first-order valence-electron chi connectivity index (χ1n) is 10.1. The SMILES string of the molecule is C[C@H](NS(=O)(=O)c1ccc(NC(=O)[C@@H](N)C2CCCCC2)cc1N=S(C)(C)=O)C(F)(F)F. The molecule has 4 N–H and O–H groups in total. The van der Waals surface area contributed by atoms with E-state index in [4.69, 9.17) is 5.73 Å². The van der Waals surface area contributed by atoms with Gasteiger partial charge in [0.2, 0.25) is 15.9 Å². The van der Waals surface area contributed by atoms with E-state index in [0.29, 0.717) is 6.92 Å². The van der Waals surface area contributed by atoms with E-state index in [-0.39, 0.29) is 17.3 Å². The lowest BCUT2D eigenvalue weighted by Gasteiger charge is -2.26. The Morgan fingerprint density at radius 2 is 1.75 bits per heavy atom. The number of sulfonamides is 1. The van der Waals surface area contributed by atoms with Gasteiger partial charge < -0.3 is 11.1 Å². The summed E-state index contributed by atoms with van der Waals surface area (Å²) >= 11 is 0. The topological polar surface area (TPSA) is 131 Å². The average molecular weight is 499 g/mol. The summed E-state index contributed by atoms with van der Waals surface area (Å²) < 4.78 is 81.3. The monoisotopic (exact) mass is 498 g/mol. The fraction of sp³-hybridized carbons (Fsp3) is 0.632. The first-order chi connectivity index (χ1) is 14.6. The summed E-state index contributed by atoms with van der Waals surface area (Å²) in [6.45, 7) is 0.665. The second kappa shape index (κ2) is 10.1. The van der Waals surface area contributed by atoms with Gasteiger partial charge in [0.05, 0.1) is 11.7 Å². The molecule has 32 heavy (non-hydrogen) atoms. The van der Waals surface area contributed by atoms with Crippen molar-refractivity contribution < 1.29 is 30.6 Å². The third kappa shape index (κ3) is 7.42. The van der Waals surface area contributed by atoms with Gasteiger partial charge in [0.25, 0.3) is 0 Å². The number of anilines is 1. The normalized spacial score (nSPS) is 18.1. The van der Waals surface area contributed by atoms with Crippen LogP contribution >= 0.6 is 0 Å². The molecule has 8 nitrogen and oxygen atoms in total. The minimum absolute atomic E-state index is 0.0330. The number of halogens is 3. The van der Waals surface area contributed by atoms with E-state index in [1.165, 1.54) is 18.6 Å². The number of amides is 1. The molecule has 1 aromatic carbocycles. The van der Waals surface area contributed by atoms with E-state index in [0.717, 1.165) is 44.2 Å². The van der Waals surface area contributed by atoms with Crippen molar-refractivity contribution in [1.82, 2.24) is 4.72 Å². The number of nitrogens with zero attached hydrogens (tertiary/aromatic N) is 1. The van der Waals surface area contributed by atoms with E-state index in [2.05, 4.69) is 9.68 Å². The van der Waals surface area contributed by atoms with Gasteiger partial charge in [0.15, 0.2) is 0 Å². The van der Waals surface area contributed by atoms with Gasteiger partial charge >= 0.3 is 6.18 Å². The second-order valence-corrected chi connectivity index (χ2v) is 12.5. The molecule has 1 aliphatic carbocycles. The Balaban J connectivity index is 2.36. The highest BCUT2D eigenvalue weighted by Gasteiger charge is 2.39. The molecule has 1 aromatic rings. The van der Waals surface area contributed by atoms with Gasteiger partial charge in [-0.05, 0) is 43.9 Å². The molecule has 1 amide bonds. The summed E-state index contributed by atoms with van der Waals surface area (Å²) in [4.78, 5) is 12.0. The van der Waals surface area contributed by atoms with Gasteiger partial charge in [0.1, 0.15) is 10.9 Å². The maximum absolute atomic E-state index is 12.8. The van der Waals surface area contributed by atoms with Crippen LogP contribution in [0.1, 0.15) is 39.0 Å². The van der Waals surface area contributed by atoms with E-state index in [1.54, 1.807) is 4.72 Å². The molecule has 0 unspecified atom stereocenters. The van der Waals surface area contributed by atoms with Gasteiger partial charge in [-0.15, -0.1) is 0 Å². The van der Waals surface area contributed by atoms with Crippen LogP contribution in [0, 0.1) is 5.92 Å². The van der Waals surface area contributed by atoms with Gasteiger partial charge in [0, 0.05) is 27.9 Å². The van der Waals surface area contributed by atoms with E-state index >= 15 is 0 Å². The zero-order valence-corrected chi connectivity index (χ0v) is 19.7. The lowest BCUT2D eigenvalue weighted by molar-refractivity contribution is -0.147. The maximum atomic E-state index is 12.8. The first kappa shape index (κ1) is 26.6. The quantitative estimate of drug-likeness (QED) is 0.532. The van der Waals surface area contributed by atoms with Crippen molar-refractivity contribution in [1.29, 1.82) is 0 Å². The number of alkyl halides is 3. The molecule has 1 aliphatic rings. The highest BCUT2D eigenvalue weighted by Crippen LogP contribution is 2.31. The zero-order chi connectivity index (χ0) is 24.3. The smallest absolute Gasteiger partial charge is 0.325 e. The molecular weight excluding hydrogens is 469 g/mol. The molecule has 13 heteroatoms. The van der Waals surface area contributed by atoms with Gasteiger partial charge in [-0.2, -0.15) is 22.3 Å². The molecule has 0 aliphatic heterocycles. The van der Waals surface area contributed by atoms with Gasteiger partial charge in [-0.1, -0.05) is 19.3 Å². The van der Waals surface area contributed by atoms with Crippen molar-refractivity contribution in [3.8, 4) is 0 Å². The predicted octanol–water partition coefficient (Wildman–Crippen LogP) is 3.12. The summed E-state index contributed by atoms with van der Waals surface area (Å²) in [7, 11) is -7.52. The lowest BCUT2D eigenvalue weighted by Crippen LogP contribution is -2.43. The number of benzene rings is 1. The van der Waals surface area contributed by atoms with Crippen LogP contribution in [-0.2, 0) is 24.5 Å². The van der Waals surface area contributed by atoms with Crippen LogP contribution < -0.4 is 15.8 Å². The van der Waals surface area contributed by atoms with Crippen molar-refractivity contribution in [2.24, 2.45) is 16.0 Å². The third-order valence-electron chi connectivity index (χ3n) is 5.12. The number of hydrogen-bond acceptors (Lipinski definition) is 6. The minimum atomic E-state index is -4.80. The molecule has 182 valence electrons. The van der Waals surface area contributed by atoms with Crippen molar-refractivity contribution in [3.63, 3.8) is 0 Å². The zero-order valence-electron chi connectivity index (χ0n) is 18.1. The molecule has 0 heterocycles. The fourth-order valence-electron chi connectivity index (χ4n) is 3.43. The second-order valence-electron chi connectivity index (χ2n) is 8.25. The van der Waals surface area contributed by atoms with Crippen molar-refractivity contribution >= 4 is 37.0 Å². The van der Waals surface area contributed by atoms with Crippen LogP contribution in [0.4, 0.5) is 24.5 Å². The summed E-state index contributed by atoms with van der Waals surface area (Å²) in [5, 5.41) is 2.60. The number of nitrogens with two attached hydrogens (primary N) is 1. The van der Waals surface area contributed by atoms with Crippen molar-refractivity contribution in [2.45, 2.75) is 62.2 Å². The first-order valence-corrected chi connectivity index (χ1v) is 13.9. The summed E-state index contributed by atoms with van der Waals surface area (Å²) in [6.07, 6.45) is 2.46. The number of nitrogens with one attached hydrogen (secondary N) is 2. The Bertz CT molecular complexity index is 1050. The Labute approximate surface area is 186 Å².